The Hall–Kier alpha value is -0.670. The van der Waals surface area contributed by atoms with Crippen LogP contribution in [-0.2, 0) is 0 Å². The number of piperidine rings is 3. The van der Waals surface area contributed by atoms with Crippen LogP contribution in [0.2, 0.25) is 0 Å². The molecule has 0 aromatic heterocycles. The zero-order valence-corrected chi connectivity index (χ0v) is 11.9. The Bertz CT molecular complexity index is 405. The molecule has 0 saturated carbocycles. The van der Waals surface area contributed by atoms with Crippen LogP contribution in [0.15, 0.2) is 35.3 Å². The maximum absolute atomic E-state index is 4.85. The summed E-state index contributed by atoms with van der Waals surface area (Å²) in [7, 11) is 2.37. The Kier molecular flexibility index (Phi) is 3.69. The van der Waals surface area contributed by atoms with Crippen molar-refractivity contribution in [3.05, 3.63) is 30.3 Å². The lowest BCUT2D eigenvalue weighted by atomic mass is 9.84. The number of halogens is 1. The summed E-state index contributed by atoms with van der Waals surface area (Å²) in [5.41, 5.74) is 2.56. The summed E-state index contributed by atoms with van der Waals surface area (Å²) < 4.78 is 1.21. The Labute approximate surface area is 114 Å². The van der Waals surface area contributed by atoms with Gasteiger partial charge < -0.3 is 21.5 Å². The molecule has 3 heteroatoms. The van der Waals surface area contributed by atoms with Crippen LogP contribution in [0.3, 0.4) is 0 Å². The monoisotopic (exact) mass is 294 g/mol. The molecule has 0 radical (unpaired) electrons. The van der Waals surface area contributed by atoms with Crippen LogP contribution in [0.25, 0.3) is 0 Å². The number of benzene rings is 1. The molecule has 1 aromatic rings. The van der Waals surface area contributed by atoms with Crippen LogP contribution in [0.4, 0.5) is 5.69 Å². The van der Waals surface area contributed by atoms with Gasteiger partial charge >= 0.3 is 0 Å². The molecule has 4 rings (SSSR count). The number of para-hydroxylation sites is 1. The summed E-state index contributed by atoms with van der Waals surface area (Å²) in [4.78, 5) is 4.85. The molecular formula is C14H19BrN2. The second kappa shape index (κ2) is 4.91. The Morgan fingerprint density at radius 3 is 2.35 bits per heavy atom. The van der Waals surface area contributed by atoms with E-state index < -0.39 is 0 Å². The van der Waals surface area contributed by atoms with E-state index in [1.54, 1.807) is 0 Å². The van der Waals surface area contributed by atoms with Crippen molar-refractivity contribution >= 4 is 11.4 Å². The number of rotatable bonds is 1. The van der Waals surface area contributed by atoms with Crippen molar-refractivity contribution in [3.8, 4) is 0 Å². The number of nitrogens with zero attached hydrogens (tertiary/aromatic N) is 2. The third-order valence-corrected chi connectivity index (χ3v) is 4.08. The second-order valence-electron chi connectivity index (χ2n) is 5.44. The molecule has 0 amide bonds. The van der Waals surface area contributed by atoms with Gasteiger partial charge in [-0.25, -0.2) is 0 Å². The molecule has 0 unspecified atom stereocenters. The lowest BCUT2D eigenvalue weighted by Crippen LogP contribution is -3.00. The smallest absolute Gasteiger partial charge is 0.118 e. The molecule has 3 aliphatic rings. The minimum Gasteiger partial charge on any atom is -1.00 e. The van der Waals surface area contributed by atoms with Crippen LogP contribution in [0.5, 0.6) is 0 Å². The zero-order valence-electron chi connectivity index (χ0n) is 10.3. The molecule has 2 nitrogen and oxygen atoms in total. The Morgan fingerprint density at radius 2 is 1.76 bits per heavy atom. The predicted molar refractivity (Wildman–Crippen MR) is 67.0 cm³/mol. The first kappa shape index (κ1) is 12.8. The van der Waals surface area contributed by atoms with Crippen molar-refractivity contribution in [3.63, 3.8) is 0 Å². The molecule has 1 aromatic carbocycles. The minimum atomic E-state index is 0. The van der Waals surface area contributed by atoms with E-state index in [0.29, 0.717) is 0 Å². The van der Waals surface area contributed by atoms with Gasteiger partial charge in [-0.2, -0.15) is 0 Å². The van der Waals surface area contributed by atoms with Gasteiger partial charge in [0.05, 0.1) is 31.5 Å². The van der Waals surface area contributed by atoms with Gasteiger partial charge in [-0.15, -0.1) is 0 Å². The first-order valence-corrected chi connectivity index (χ1v) is 6.21. The number of hydrogen-bond acceptors (Lipinski definition) is 1. The van der Waals surface area contributed by atoms with Gasteiger partial charge in [-0.1, -0.05) is 18.2 Å². The molecule has 0 aliphatic carbocycles. The van der Waals surface area contributed by atoms with Gasteiger partial charge in [0.1, 0.15) is 6.54 Å². The van der Waals surface area contributed by atoms with Gasteiger partial charge in [-0.05, 0) is 12.1 Å². The summed E-state index contributed by atoms with van der Waals surface area (Å²) in [6, 6.07) is 10.4. The van der Waals surface area contributed by atoms with Gasteiger partial charge in [0.25, 0.3) is 0 Å². The predicted octanol–water partition coefficient (Wildman–Crippen LogP) is -0.367. The van der Waals surface area contributed by atoms with Crippen molar-refractivity contribution in [2.24, 2.45) is 10.9 Å². The van der Waals surface area contributed by atoms with Gasteiger partial charge in [-0.3, -0.25) is 4.99 Å². The number of fused-ring (bicyclic) bond motifs is 3. The standard InChI is InChI=1S/C14H19N2.BrH/c1-16-9-7-12(8-10-16)14(11-16)15-13-5-3-2-4-6-13;/h2-6,12H,7-11H2,1H3;1H/q+1;/p-1. The fraction of sp³-hybridized carbons (Fsp3) is 0.500. The van der Waals surface area contributed by atoms with Crippen LogP contribution >= 0.6 is 0 Å². The molecule has 0 atom stereocenters. The molecule has 3 saturated heterocycles. The quantitative estimate of drug-likeness (QED) is 0.627. The van der Waals surface area contributed by atoms with E-state index in [-0.39, 0.29) is 17.0 Å². The zero-order chi connectivity index (χ0) is 11.0. The summed E-state index contributed by atoms with van der Waals surface area (Å²) in [5, 5.41) is 0. The third kappa shape index (κ3) is 2.61. The van der Waals surface area contributed by atoms with E-state index in [9.17, 15) is 0 Å². The molecule has 3 fully saturated rings. The summed E-state index contributed by atoms with van der Waals surface area (Å²) >= 11 is 0. The van der Waals surface area contributed by atoms with Crippen molar-refractivity contribution < 1.29 is 21.5 Å². The van der Waals surface area contributed by atoms with Crippen molar-refractivity contribution in [1.82, 2.24) is 0 Å². The fourth-order valence-corrected chi connectivity index (χ4v) is 3.00. The van der Waals surface area contributed by atoms with Crippen molar-refractivity contribution in [2.45, 2.75) is 12.8 Å². The number of aliphatic imine (C=N–C) groups is 1. The largest absolute Gasteiger partial charge is 1.00 e. The fourth-order valence-electron chi connectivity index (χ4n) is 3.00. The molecule has 92 valence electrons. The van der Waals surface area contributed by atoms with E-state index in [4.69, 9.17) is 4.99 Å². The summed E-state index contributed by atoms with van der Waals surface area (Å²) in [6.07, 6.45) is 2.67. The normalized spacial score (nSPS) is 33.5. The molecule has 0 N–H and O–H groups in total. The van der Waals surface area contributed by atoms with E-state index in [2.05, 4.69) is 31.3 Å². The maximum atomic E-state index is 4.85. The highest BCUT2D eigenvalue weighted by molar-refractivity contribution is 5.91. The molecule has 0 spiro atoms. The summed E-state index contributed by atoms with van der Waals surface area (Å²) in [6.45, 7) is 3.86. The topological polar surface area (TPSA) is 12.4 Å². The van der Waals surface area contributed by atoms with E-state index in [1.807, 2.05) is 6.07 Å². The molecule has 3 heterocycles. The lowest BCUT2D eigenvalue weighted by Gasteiger charge is -2.47. The van der Waals surface area contributed by atoms with Crippen LogP contribution in [-0.4, -0.2) is 36.9 Å². The molecule has 3 aliphatic heterocycles. The van der Waals surface area contributed by atoms with Gasteiger partial charge in [0.2, 0.25) is 0 Å². The second-order valence-corrected chi connectivity index (χ2v) is 5.44. The van der Waals surface area contributed by atoms with E-state index in [0.717, 1.165) is 11.6 Å². The highest BCUT2D eigenvalue weighted by Gasteiger charge is 2.40. The molecular weight excluding hydrogens is 276 g/mol. The Balaban J connectivity index is 0.00000108. The van der Waals surface area contributed by atoms with Crippen molar-refractivity contribution in [2.75, 3.05) is 26.7 Å². The average Bonchev–Trinajstić information content (AvgIpc) is 2.30. The maximum Gasteiger partial charge on any atom is 0.118 e. The van der Waals surface area contributed by atoms with Crippen LogP contribution in [0.1, 0.15) is 12.8 Å². The SMILES string of the molecule is C[N+]12CCC(CC1)C(=Nc1ccccc1)C2.[Br-]. The minimum absolute atomic E-state index is 0. The first-order valence-electron chi connectivity index (χ1n) is 6.21. The average molecular weight is 295 g/mol. The lowest BCUT2D eigenvalue weighted by molar-refractivity contribution is -0.911. The van der Waals surface area contributed by atoms with Crippen molar-refractivity contribution in [1.29, 1.82) is 0 Å². The summed E-state index contributed by atoms with van der Waals surface area (Å²) in [5.74, 6) is 0.764. The highest BCUT2D eigenvalue weighted by Crippen LogP contribution is 2.31. The number of quaternary nitrogens is 1. The molecule has 2 bridgehead atoms. The van der Waals surface area contributed by atoms with E-state index >= 15 is 0 Å². The first-order chi connectivity index (χ1) is 7.75. The van der Waals surface area contributed by atoms with Gasteiger partial charge in [0.15, 0.2) is 0 Å². The number of hydrogen-bond donors (Lipinski definition) is 0. The van der Waals surface area contributed by atoms with Crippen LogP contribution in [0, 0.1) is 5.92 Å². The van der Waals surface area contributed by atoms with Crippen LogP contribution < -0.4 is 17.0 Å². The Morgan fingerprint density at radius 1 is 1.12 bits per heavy atom. The highest BCUT2D eigenvalue weighted by atomic mass is 79.9. The molecule has 17 heavy (non-hydrogen) atoms. The van der Waals surface area contributed by atoms with Gasteiger partial charge in [0, 0.05) is 18.8 Å². The third-order valence-electron chi connectivity index (χ3n) is 4.08. The van der Waals surface area contributed by atoms with E-state index in [1.165, 1.54) is 42.7 Å².